The van der Waals surface area contributed by atoms with Gasteiger partial charge in [0.2, 0.25) is 0 Å². The Labute approximate surface area is 124 Å². The van der Waals surface area contributed by atoms with Crippen molar-refractivity contribution in [2.24, 2.45) is 7.05 Å². The molecular weight excluding hydrogens is 272 g/mol. The van der Waals surface area contributed by atoms with Crippen molar-refractivity contribution >= 4 is 0 Å². The van der Waals surface area contributed by atoms with Crippen molar-refractivity contribution in [1.29, 1.82) is 0 Å². The standard InChI is InChI=1S/C16H21F2N3/c1-5-19-15(16-10(2)20-21(4)11(16)3)9-12-13(17)7-6-8-14(12)18/h6-8,15,19H,5,9H2,1-4H3. The minimum absolute atomic E-state index is 0.117. The summed E-state index contributed by atoms with van der Waals surface area (Å²) in [6, 6.07) is 3.82. The van der Waals surface area contributed by atoms with E-state index in [1.54, 1.807) is 4.68 Å². The number of nitrogens with one attached hydrogen (secondary N) is 1. The van der Waals surface area contributed by atoms with Gasteiger partial charge in [0.1, 0.15) is 11.6 Å². The van der Waals surface area contributed by atoms with Gasteiger partial charge in [-0.1, -0.05) is 13.0 Å². The van der Waals surface area contributed by atoms with E-state index < -0.39 is 11.6 Å². The zero-order valence-corrected chi connectivity index (χ0v) is 12.9. The van der Waals surface area contributed by atoms with Gasteiger partial charge in [-0.05, 0) is 38.9 Å². The van der Waals surface area contributed by atoms with Crippen LogP contribution in [0.1, 0.15) is 35.5 Å². The summed E-state index contributed by atoms with van der Waals surface area (Å²) in [5.41, 5.74) is 3.03. The SMILES string of the molecule is CCNC(Cc1c(F)cccc1F)c1c(C)nn(C)c1C. The van der Waals surface area contributed by atoms with Gasteiger partial charge in [-0.25, -0.2) is 8.78 Å². The van der Waals surface area contributed by atoms with E-state index in [1.807, 2.05) is 27.8 Å². The lowest BCUT2D eigenvalue weighted by Gasteiger charge is -2.19. The highest BCUT2D eigenvalue weighted by Gasteiger charge is 2.22. The Morgan fingerprint density at radius 2 is 1.86 bits per heavy atom. The second-order valence-electron chi connectivity index (χ2n) is 5.22. The summed E-state index contributed by atoms with van der Waals surface area (Å²) in [6.45, 7) is 6.59. The highest BCUT2D eigenvalue weighted by Crippen LogP contribution is 2.26. The van der Waals surface area contributed by atoms with Crippen molar-refractivity contribution in [2.45, 2.75) is 33.2 Å². The number of hydrogen-bond acceptors (Lipinski definition) is 2. The Hall–Kier alpha value is -1.75. The van der Waals surface area contributed by atoms with Crippen molar-refractivity contribution in [3.05, 3.63) is 52.3 Å². The zero-order valence-electron chi connectivity index (χ0n) is 12.9. The Morgan fingerprint density at radius 3 is 2.33 bits per heavy atom. The lowest BCUT2D eigenvalue weighted by atomic mass is 9.96. The quantitative estimate of drug-likeness (QED) is 0.917. The van der Waals surface area contributed by atoms with Crippen LogP contribution in [-0.2, 0) is 13.5 Å². The molecule has 0 aliphatic carbocycles. The lowest BCUT2D eigenvalue weighted by Crippen LogP contribution is -2.25. The topological polar surface area (TPSA) is 29.9 Å². The van der Waals surface area contributed by atoms with Gasteiger partial charge in [0, 0.05) is 29.9 Å². The molecule has 0 radical (unpaired) electrons. The maximum absolute atomic E-state index is 13.9. The minimum atomic E-state index is -0.503. The van der Waals surface area contributed by atoms with Crippen LogP contribution in [0.25, 0.3) is 0 Å². The molecule has 1 unspecified atom stereocenters. The van der Waals surface area contributed by atoms with E-state index in [1.165, 1.54) is 18.2 Å². The molecule has 1 N–H and O–H groups in total. The highest BCUT2D eigenvalue weighted by atomic mass is 19.1. The predicted molar refractivity (Wildman–Crippen MR) is 79.2 cm³/mol. The molecule has 0 aliphatic rings. The summed E-state index contributed by atoms with van der Waals surface area (Å²) in [7, 11) is 1.87. The molecule has 2 rings (SSSR count). The summed E-state index contributed by atoms with van der Waals surface area (Å²) in [6.07, 6.45) is 0.264. The highest BCUT2D eigenvalue weighted by molar-refractivity contribution is 5.31. The maximum atomic E-state index is 13.9. The van der Waals surface area contributed by atoms with Gasteiger partial charge >= 0.3 is 0 Å². The first-order valence-corrected chi connectivity index (χ1v) is 7.12. The molecule has 1 atom stereocenters. The van der Waals surface area contributed by atoms with Crippen LogP contribution in [-0.4, -0.2) is 16.3 Å². The average molecular weight is 293 g/mol. The molecule has 0 amide bonds. The molecule has 0 bridgehead atoms. The number of likely N-dealkylation sites (N-methyl/N-ethyl adjacent to an activating group) is 1. The van der Waals surface area contributed by atoms with Crippen molar-refractivity contribution in [1.82, 2.24) is 15.1 Å². The first kappa shape index (κ1) is 15.6. The second-order valence-corrected chi connectivity index (χ2v) is 5.22. The summed E-state index contributed by atoms with van der Waals surface area (Å²) < 4.78 is 29.6. The number of aromatic nitrogens is 2. The molecule has 21 heavy (non-hydrogen) atoms. The number of benzene rings is 1. The third-order valence-corrected chi connectivity index (χ3v) is 3.83. The van der Waals surface area contributed by atoms with E-state index in [0.717, 1.165) is 17.0 Å². The largest absolute Gasteiger partial charge is 0.310 e. The van der Waals surface area contributed by atoms with Crippen LogP contribution in [0, 0.1) is 25.5 Å². The van der Waals surface area contributed by atoms with Gasteiger partial charge in [-0.3, -0.25) is 4.68 Å². The molecule has 1 aromatic carbocycles. The fourth-order valence-electron chi connectivity index (χ4n) is 2.75. The number of hydrogen-bond donors (Lipinski definition) is 1. The first-order valence-electron chi connectivity index (χ1n) is 7.12. The van der Waals surface area contributed by atoms with Crippen LogP contribution in [0.4, 0.5) is 8.78 Å². The monoisotopic (exact) mass is 293 g/mol. The summed E-state index contributed by atoms with van der Waals surface area (Å²) in [5, 5.41) is 7.70. The average Bonchev–Trinajstić information content (AvgIpc) is 2.67. The molecule has 0 fully saturated rings. The molecular formula is C16H21F2N3. The molecule has 1 aromatic heterocycles. The Kier molecular flexibility index (Phi) is 4.73. The summed E-state index contributed by atoms with van der Waals surface area (Å²) in [4.78, 5) is 0. The molecule has 114 valence electrons. The number of halogens is 2. The number of rotatable bonds is 5. The molecule has 0 saturated heterocycles. The lowest BCUT2D eigenvalue weighted by molar-refractivity contribution is 0.496. The van der Waals surface area contributed by atoms with Crippen molar-refractivity contribution < 1.29 is 8.78 Å². The van der Waals surface area contributed by atoms with Gasteiger partial charge in [0.05, 0.1) is 5.69 Å². The normalized spacial score (nSPS) is 12.7. The van der Waals surface area contributed by atoms with E-state index >= 15 is 0 Å². The predicted octanol–water partition coefficient (Wildman–Crippen LogP) is 3.21. The van der Waals surface area contributed by atoms with E-state index in [4.69, 9.17) is 0 Å². The van der Waals surface area contributed by atoms with Crippen molar-refractivity contribution in [3.8, 4) is 0 Å². The second kappa shape index (κ2) is 6.35. The fourth-order valence-corrected chi connectivity index (χ4v) is 2.75. The third-order valence-electron chi connectivity index (χ3n) is 3.83. The molecule has 3 nitrogen and oxygen atoms in total. The molecule has 0 spiro atoms. The van der Waals surface area contributed by atoms with Crippen LogP contribution in [0.15, 0.2) is 18.2 Å². The Morgan fingerprint density at radius 1 is 1.24 bits per heavy atom. The number of nitrogens with zero attached hydrogens (tertiary/aromatic N) is 2. The van der Waals surface area contributed by atoms with E-state index in [9.17, 15) is 8.78 Å². The smallest absolute Gasteiger partial charge is 0.129 e. The van der Waals surface area contributed by atoms with E-state index in [2.05, 4.69) is 10.4 Å². The van der Waals surface area contributed by atoms with Crippen LogP contribution >= 0.6 is 0 Å². The fraction of sp³-hybridized carbons (Fsp3) is 0.438. The van der Waals surface area contributed by atoms with Gasteiger partial charge in [-0.15, -0.1) is 0 Å². The molecule has 1 heterocycles. The van der Waals surface area contributed by atoms with Crippen molar-refractivity contribution in [3.63, 3.8) is 0 Å². The van der Waals surface area contributed by atoms with Gasteiger partial charge in [0.25, 0.3) is 0 Å². The first-order chi connectivity index (χ1) is 9.95. The zero-order chi connectivity index (χ0) is 15.6. The maximum Gasteiger partial charge on any atom is 0.129 e. The minimum Gasteiger partial charge on any atom is -0.310 e. The Balaban J connectivity index is 2.40. The van der Waals surface area contributed by atoms with Crippen LogP contribution in [0.2, 0.25) is 0 Å². The van der Waals surface area contributed by atoms with Gasteiger partial charge < -0.3 is 5.32 Å². The van der Waals surface area contributed by atoms with Crippen LogP contribution in [0.3, 0.4) is 0 Å². The van der Waals surface area contributed by atoms with Crippen molar-refractivity contribution in [2.75, 3.05) is 6.54 Å². The van der Waals surface area contributed by atoms with E-state index in [-0.39, 0.29) is 18.0 Å². The molecule has 5 heteroatoms. The Bertz CT molecular complexity index is 614. The van der Waals surface area contributed by atoms with Crippen LogP contribution in [0.5, 0.6) is 0 Å². The third kappa shape index (κ3) is 3.13. The van der Waals surface area contributed by atoms with Gasteiger partial charge in [0.15, 0.2) is 0 Å². The number of aryl methyl sites for hydroxylation is 2. The molecule has 2 aromatic rings. The summed E-state index contributed by atoms with van der Waals surface area (Å²) >= 11 is 0. The summed E-state index contributed by atoms with van der Waals surface area (Å²) in [5.74, 6) is -1.01. The van der Waals surface area contributed by atoms with Gasteiger partial charge in [-0.2, -0.15) is 5.10 Å². The molecule has 0 saturated carbocycles. The molecule has 0 aliphatic heterocycles. The van der Waals surface area contributed by atoms with E-state index in [0.29, 0.717) is 6.54 Å². The van der Waals surface area contributed by atoms with Crippen LogP contribution < -0.4 is 5.32 Å².